The molecule has 0 aliphatic carbocycles. The Balaban J connectivity index is 0.00000208. The van der Waals surface area contributed by atoms with E-state index < -0.39 is 0 Å². The van der Waals surface area contributed by atoms with Gasteiger partial charge >= 0.3 is 0 Å². The Hall–Kier alpha value is -1.98. The molecule has 128 valence electrons. The first-order valence-corrected chi connectivity index (χ1v) is 8.19. The molecule has 5 nitrogen and oxygen atoms in total. The van der Waals surface area contributed by atoms with Gasteiger partial charge < -0.3 is 10.6 Å². The van der Waals surface area contributed by atoms with Crippen molar-refractivity contribution in [3.63, 3.8) is 0 Å². The Labute approximate surface area is 148 Å². The van der Waals surface area contributed by atoms with Gasteiger partial charge in [0.2, 0.25) is 0 Å². The van der Waals surface area contributed by atoms with Crippen LogP contribution in [0.1, 0.15) is 47.4 Å². The first kappa shape index (κ1) is 18.4. The van der Waals surface area contributed by atoms with E-state index in [0.717, 1.165) is 30.9 Å². The lowest BCUT2D eigenvalue weighted by atomic mass is 9.92. The van der Waals surface area contributed by atoms with Crippen molar-refractivity contribution in [3.05, 3.63) is 53.6 Å². The molecule has 6 heteroatoms. The Bertz CT molecular complexity index is 652. The predicted molar refractivity (Wildman–Crippen MR) is 97.9 cm³/mol. The van der Waals surface area contributed by atoms with Gasteiger partial charge in [0.25, 0.3) is 5.91 Å². The van der Waals surface area contributed by atoms with Crippen LogP contribution in [-0.2, 0) is 6.42 Å². The fourth-order valence-electron chi connectivity index (χ4n) is 2.82. The first-order chi connectivity index (χ1) is 11.3. The van der Waals surface area contributed by atoms with E-state index in [1.807, 2.05) is 19.1 Å². The highest BCUT2D eigenvalue weighted by Crippen LogP contribution is 2.24. The van der Waals surface area contributed by atoms with E-state index >= 15 is 0 Å². The molecule has 0 bridgehead atoms. The zero-order valence-corrected chi connectivity index (χ0v) is 14.6. The second kappa shape index (κ2) is 8.76. The summed E-state index contributed by atoms with van der Waals surface area (Å²) in [6.45, 7) is 4.15. The van der Waals surface area contributed by atoms with Crippen LogP contribution in [0.3, 0.4) is 0 Å². The standard InChI is InChI=1S/C18H22N4O.ClH/c1-2-15-11-21-17(12-20-15)18(23)22-16-7-5-13(6-8-16)14-4-3-9-19-10-14;/h5-8,11-12,14,19H,2-4,9-10H2,1H3,(H,22,23);1H/t14-;/m1./s1. The lowest BCUT2D eigenvalue weighted by Gasteiger charge is -2.23. The van der Waals surface area contributed by atoms with Crippen molar-refractivity contribution in [2.75, 3.05) is 18.4 Å². The molecule has 0 unspecified atom stereocenters. The monoisotopic (exact) mass is 346 g/mol. The number of anilines is 1. The van der Waals surface area contributed by atoms with Crippen molar-refractivity contribution < 1.29 is 4.79 Å². The predicted octanol–water partition coefficient (Wildman–Crippen LogP) is 3.18. The number of halogens is 1. The number of aryl methyl sites for hydroxylation is 1. The van der Waals surface area contributed by atoms with Gasteiger partial charge in [0.05, 0.1) is 11.9 Å². The second-order valence-electron chi connectivity index (χ2n) is 5.87. The highest BCUT2D eigenvalue weighted by atomic mass is 35.5. The summed E-state index contributed by atoms with van der Waals surface area (Å²) in [6, 6.07) is 8.10. The van der Waals surface area contributed by atoms with Crippen LogP contribution in [0, 0.1) is 0 Å². The summed E-state index contributed by atoms with van der Waals surface area (Å²) in [7, 11) is 0. The largest absolute Gasteiger partial charge is 0.321 e. The van der Waals surface area contributed by atoms with E-state index in [1.165, 1.54) is 24.6 Å². The lowest BCUT2D eigenvalue weighted by Crippen LogP contribution is -2.28. The Morgan fingerprint density at radius 2 is 2.04 bits per heavy atom. The summed E-state index contributed by atoms with van der Waals surface area (Å²) < 4.78 is 0. The van der Waals surface area contributed by atoms with Gasteiger partial charge in [-0.3, -0.25) is 9.78 Å². The number of rotatable bonds is 4. The fourth-order valence-corrected chi connectivity index (χ4v) is 2.82. The van der Waals surface area contributed by atoms with Crippen LogP contribution in [0.4, 0.5) is 5.69 Å². The maximum absolute atomic E-state index is 12.2. The van der Waals surface area contributed by atoms with Gasteiger partial charge in [0.15, 0.2) is 0 Å². The summed E-state index contributed by atoms with van der Waals surface area (Å²) >= 11 is 0. The van der Waals surface area contributed by atoms with E-state index in [2.05, 4.69) is 32.7 Å². The van der Waals surface area contributed by atoms with Crippen molar-refractivity contribution in [2.45, 2.75) is 32.1 Å². The number of hydrogen-bond donors (Lipinski definition) is 2. The Morgan fingerprint density at radius 1 is 1.25 bits per heavy atom. The van der Waals surface area contributed by atoms with Crippen LogP contribution in [-0.4, -0.2) is 29.0 Å². The normalized spacial score (nSPS) is 17.0. The Morgan fingerprint density at radius 3 is 2.62 bits per heavy atom. The molecule has 2 heterocycles. The molecule has 1 aliphatic rings. The smallest absolute Gasteiger partial charge is 0.275 e. The van der Waals surface area contributed by atoms with E-state index in [1.54, 1.807) is 6.20 Å². The number of aromatic nitrogens is 2. The Kier molecular flexibility index (Phi) is 6.70. The molecule has 2 N–H and O–H groups in total. The molecular formula is C18H23ClN4O. The van der Waals surface area contributed by atoms with E-state index in [9.17, 15) is 4.79 Å². The number of nitrogens with one attached hydrogen (secondary N) is 2. The first-order valence-electron chi connectivity index (χ1n) is 8.19. The molecule has 1 saturated heterocycles. The summed E-state index contributed by atoms with van der Waals surface area (Å²) in [4.78, 5) is 20.5. The minimum atomic E-state index is -0.229. The molecule has 0 saturated carbocycles. The number of benzene rings is 1. The van der Waals surface area contributed by atoms with Gasteiger partial charge in [0, 0.05) is 18.4 Å². The molecule has 1 amide bonds. The van der Waals surface area contributed by atoms with Gasteiger partial charge in [-0.1, -0.05) is 19.1 Å². The minimum Gasteiger partial charge on any atom is -0.321 e. The van der Waals surface area contributed by atoms with Crippen molar-refractivity contribution in [2.24, 2.45) is 0 Å². The van der Waals surface area contributed by atoms with Crippen LogP contribution in [0.2, 0.25) is 0 Å². The van der Waals surface area contributed by atoms with Crippen molar-refractivity contribution in [3.8, 4) is 0 Å². The molecule has 0 spiro atoms. The van der Waals surface area contributed by atoms with Gasteiger partial charge in [0.1, 0.15) is 5.69 Å². The number of carbonyl (C=O) groups is 1. The zero-order chi connectivity index (χ0) is 16.1. The van der Waals surface area contributed by atoms with E-state index in [4.69, 9.17) is 0 Å². The lowest BCUT2D eigenvalue weighted by molar-refractivity contribution is 0.102. The SMILES string of the molecule is CCc1cnc(C(=O)Nc2ccc([C@@H]3CCCNC3)cc2)cn1.Cl. The molecule has 1 aliphatic heterocycles. The molecule has 24 heavy (non-hydrogen) atoms. The van der Waals surface area contributed by atoms with Gasteiger partial charge in [-0.2, -0.15) is 0 Å². The maximum atomic E-state index is 12.2. The fraction of sp³-hybridized carbons (Fsp3) is 0.389. The minimum absolute atomic E-state index is 0. The topological polar surface area (TPSA) is 66.9 Å². The summed E-state index contributed by atoms with van der Waals surface area (Å²) in [6.07, 6.45) is 6.42. The number of nitrogens with zero attached hydrogens (tertiary/aromatic N) is 2. The molecule has 1 aromatic heterocycles. The van der Waals surface area contributed by atoms with Crippen LogP contribution in [0.5, 0.6) is 0 Å². The molecular weight excluding hydrogens is 324 g/mol. The van der Waals surface area contributed by atoms with E-state index in [0.29, 0.717) is 11.6 Å². The van der Waals surface area contributed by atoms with Gasteiger partial charge in [-0.25, -0.2) is 4.98 Å². The molecule has 1 aromatic carbocycles. The molecule has 1 atom stereocenters. The molecule has 3 rings (SSSR count). The third kappa shape index (κ3) is 4.52. The third-order valence-electron chi connectivity index (χ3n) is 4.24. The number of amides is 1. The zero-order valence-electron chi connectivity index (χ0n) is 13.8. The number of piperidine rings is 1. The van der Waals surface area contributed by atoms with Crippen molar-refractivity contribution in [1.29, 1.82) is 0 Å². The van der Waals surface area contributed by atoms with Gasteiger partial charge in [-0.05, 0) is 49.4 Å². The highest BCUT2D eigenvalue weighted by Gasteiger charge is 2.15. The average molecular weight is 347 g/mol. The molecule has 0 radical (unpaired) electrons. The van der Waals surface area contributed by atoms with Crippen LogP contribution in [0.15, 0.2) is 36.7 Å². The van der Waals surface area contributed by atoms with Crippen molar-refractivity contribution >= 4 is 24.0 Å². The maximum Gasteiger partial charge on any atom is 0.275 e. The summed E-state index contributed by atoms with van der Waals surface area (Å²) in [5.74, 6) is 0.341. The van der Waals surface area contributed by atoms with Gasteiger partial charge in [-0.15, -0.1) is 12.4 Å². The number of hydrogen-bond acceptors (Lipinski definition) is 4. The summed E-state index contributed by atoms with van der Waals surface area (Å²) in [5, 5.41) is 6.29. The van der Waals surface area contributed by atoms with Crippen LogP contribution < -0.4 is 10.6 Å². The average Bonchev–Trinajstić information content (AvgIpc) is 2.63. The highest BCUT2D eigenvalue weighted by molar-refractivity contribution is 6.02. The quantitative estimate of drug-likeness (QED) is 0.892. The summed E-state index contributed by atoms with van der Waals surface area (Å²) in [5.41, 5.74) is 3.32. The van der Waals surface area contributed by atoms with Crippen LogP contribution >= 0.6 is 12.4 Å². The van der Waals surface area contributed by atoms with Crippen molar-refractivity contribution in [1.82, 2.24) is 15.3 Å². The molecule has 2 aromatic rings. The van der Waals surface area contributed by atoms with E-state index in [-0.39, 0.29) is 18.3 Å². The number of carbonyl (C=O) groups excluding carboxylic acids is 1. The third-order valence-corrected chi connectivity index (χ3v) is 4.24. The second-order valence-corrected chi connectivity index (χ2v) is 5.87. The van der Waals surface area contributed by atoms with Crippen LogP contribution in [0.25, 0.3) is 0 Å². The molecule has 1 fully saturated rings.